The highest BCUT2D eigenvalue weighted by Gasteiger charge is 2.66. The van der Waals surface area contributed by atoms with Crippen LogP contribution >= 0.6 is 0 Å². The molecule has 4 nitrogen and oxygen atoms in total. The van der Waals surface area contributed by atoms with E-state index in [0.717, 1.165) is 51.4 Å². The molecule has 0 aliphatic heterocycles. The normalized spacial score (nSPS) is 51.3. The second kappa shape index (κ2) is 5.47. The summed E-state index contributed by atoms with van der Waals surface area (Å²) in [5, 5.41) is 9.67. The summed E-state index contributed by atoms with van der Waals surface area (Å²) in [6.07, 6.45) is 9.53. The average molecular weight is 348 g/mol. The number of hydrogen-bond acceptors (Lipinski definition) is 3. The summed E-state index contributed by atoms with van der Waals surface area (Å²) in [6, 6.07) is 0. The summed E-state index contributed by atoms with van der Waals surface area (Å²) in [5.41, 5.74) is -0.00555. The van der Waals surface area contributed by atoms with Crippen molar-refractivity contribution in [3.8, 4) is 0 Å². The van der Waals surface area contributed by atoms with Crippen LogP contribution in [0, 0.1) is 39.9 Å². The maximum Gasteiger partial charge on any atom is 0.311 e. The third-order valence-corrected chi connectivity index (χ3v) is 9.10. The van der Waals surface area contributed by atoms with Crippen molar-refractivity contribution < 1.29 is 19.4 Å². The van der Waals surface area contributed by atoms with Crippen LogP contribution in [0.2, 0.25) is 0 Å². The van der Waals surface area contributed by atoms with Gasteiger partial charge in [-0.2, -0.15) is 0 Å². The lowest BCUT2D eigenvalue weighted by Gasteiger charge is -2.63. The van der Waals surface area contributed by atoms with Crippen molar-refractivity contribution >= 4 is 11.9 Å². The van der Waals surface area contributed by atoms with Gasteiger partial charge in [0.05, 0.1) is 18.4 Å². The summed E-state index contributed by atoms with van der Waals surface area (Å²) in [4.78, 5) is 24.4. The van der Waals surface area contributed by atoms with Crippen molar-refractivity contribution in [1.82, 2.24) is 0 Å². The number of carbonyl (C=O) groups excluding carboxylic acids is 1. The van der Waals surface area contributed by atoms with Crippen molar-refractivity contribution in [2.75, 3.05) is 7.11 Å². The molecule has 25 heavy (non-hydrogen) atoms. The summed E-state index contributed by atoms with van der Waals surface area (Å²) < 4.78 is 5.21. The van der Waals surface area contributed by atoms with E-state index in [-0.39, 0.29) is 28.1 Å². The molecule has 2 unspecified atom stereocenters. The van der Waals surface area contributed by atoms with Gasteiger partial charge in [0.1, 0.15) is 0 Å². The molecule has 1 spiro atoms. The third-order valence-electron chi connectivity index (χ3n) is 9.10. The number of ether oxygens (including phenoxy) is 1. The predicted molar refractivity (Wildman–Crippen MR) is 93.8 cm³/mol. The summed E-state index contributed by atoms with van der Waals surface area (Å²) in [7, 11) is 1.52. The van der Waals surface area contributed by atoms with Crippen molar-refractivity contribution in [1.29, 1.82) is 0 Å². The molecule has 4 saturated carbocycles. The molecule has 4 heteroatoms. The van der Waals surface area contributed by atoms with E-state index in [4.69, 9.17) is 4.74 Å². The Morgan fingerprint density at radius 2 is 1.76 bits per heavy atom. The van der Waals surface area contributed by atoms with Crippen LogP contribution in [-0.2, 0) is 14.3 Å². The Balaban J connectivity index is 1.70. The first-order chi connectivity index (χ1) is 11.8. The molecule has 0 saturated heterocycles. The highest BCUT2D eigenvalue weighted by Crippen LogP contribution is 2.72. The van der Waals surface area contributed by atoms with Crippen LogP contribution in [0.4, 0.5) is 0 Å². The molecular formula is C21H32O4. The number of carbonyl (C=O) groups is 2. The van der Waals surface area contributed by atoms with Gasteiger partial charge in [-0.25, -0.2) is 0 Å². The van der Waals surface area contributed by atoms with Crippen molar-refractivity contribution in [2.45, 2.75) is 71.6 Å². The van der Waals surface area contributed by atoms with Crippen LogP contribution < -0.4 is 0 Å². The van der Waals surface area contributed by atoms with Gasteiger partial charge < -0.3 is 9.84 Å². The Morgan fingerprint density at radius 1 is 1.00 bits per heavy atom. The van der Waals surface area contributed by atoms with E-state index in [2.05, 4.69) is 13.8 Å². The second-order valence-electron chi connectivity index (χ2n) is 9.97. The minimum absolute atomic E-state index is 0.0390. The lowest BCUT2D eigenvalue weighted by Crippen LogP contribution is -2.58. The van der Waals surface area contributed by atoms with Crippen molar-refractivity contribution in [3.05, 3.63) is 0 Å². The van der Waals surface area contributed by atoms with Crippen LogP contribution in [0.15, 0.2) is 0 Å². The molecule has 0 heterocycles. The summed E-state index contributed by atoms with van der Waals surface area (Å²) in [6.45, 7) is 4.54. The Hall–Kier alpha value is -1.06. The number of aliphatic carboxylic acids is 1. The van der Waals surface area contributed by atoms with E-state index in [9.17, 15) is 14.7 Å². The SMILES string of the molecule is COC(=O)[C@]1(C)CCC[C@@]2(C)C3CC[C@@H]4C[C@@]3(CCC21)C[C@@H]4C(=O)O. The molecule has 0 aromatic rings. The van der Waals surface area contributed by atoms with E-state index in [1.165, 1.54) is 13.5 Å². The maximum absolute atomic E-state index is 12.6. The quantitative estimate of drug-likeness (QED) is 0.757. The largest absolute Gasteiger partial charge is 0.481 e. The van der Waals surface area contributed by atoms with Gasteiger partial charge >= 0.3 is 11.9 Å². The molecule has 0 aromatic heterocycles. The Kier molecular flexibility index (Phi) is 3.80. The van der Waals surface area contributed by atoms with Gasteiger partial charge in [-0.05, 0) is 86.9 Å². The van der Waals surface area contributed by atoms with Gasteiger partial charge in [0.15, 0.2) is 0 Å². The summed E-state index contributed by atoms with van der Waals surface area (Å²) in [5.74, 6) is 0.562. The van der Waals surface area contributed by atoms with Gasteiger partial charge in [0.2, 0.25) is 0 Å². The Labute approximate surface area is 150 Å². The van der Waals surface area contributed by atoms with Crippen LogP contribution in [0.25, 0.3) is 0 Å². The molecule has 0 amide bonds. The molecule has 4 aliphatic carbocycles. The zero-order valence-corrected chi connectivity index (χ0v) is 15.8. The number of carboxylic acids is 1. The monoisotopic (exact) mass is 348 g/mol. The molecule has 4 rings (SSSR count). The molecule has 4 aliphatic rings. The molecule has 2 bridgehead atoms. The van der Waals surface area contributed by atoms with E-state index in [1.807, 2.05) is 0 Å². The van der Waals surface area contributed by atoms with Gasteiger partial charge in [-0.3, -0.25) is 9.59 Å². The molecular weight excluding hydrogens is 316 g/mol. The molecule has 7 atom stereocenters. The fourth-order valence-electron chi connectivity index (χ4n) is 8.21. The number of hydrogen-bond donors (Lipinski definition) is 1. The smallest absolute Gasteiger partial charge is 0.311 e. The second-order valence-corrected chi connectivity index (χ2v) is 9.97. The first-order valence-corrected chi connectivity index (χ1v) is 10.1. The van der Waals surface area contributed by atoms with Gasteiger partial charge in [-0.1, -0.05) is 13.3 Å². The Morgan fingerprint density at radius 3 is 2.44 bits per heavy atom. The molecule has 0 radical (unpaired) electrons. The zero-order chi connectivity index (χ0) is 18.0. The lowest BCUT2D eigenvalue weighted by atomic mass is 9.41. The van der Waals surface area contributed by atoms with Gasteiger partial charge in [-0.15, -0.1) is 0 Å². The number of methoxy groups -OCH3 is 1. The average Bonchev–Trinajstić information content (AvgIpc) is 2.84. The van der Waals surface area contributed by atoms with E-state index >= 15 is 0 Å². The standard InChI is InChI=1S/C21H32O4/c1-19-8-4-9-20(2,18(24)25-3)15(19)7-10-21-11-13(5-6-16(19)21)14(12-21)17(22)23/h13-16H,4-12H2,1-3H3,(H,22,23)/t13-,14+,15?,16?,19-,20-,21+/m1/s1. The fraction of sp³-hybridized carbons (Fsp3) is 0.905. The minimum atomic E-state index is -0.585. The summed E-state index contributed by atoms with van der Waals surface area (Å²) >= 11 is 0. The van der Waals surface area contributed by atoms with E-state index < -0.39 is 5.97 Å². The van der Waals surface area contributed by atoms with E-state index in [1.54, 1.807) is 0 Å². The fourth-order valence-corrected chi connectivity index (χ4v) is 8.21. The first-order valence-electron chi connectivity index (χ1n) is 10.1. The first kappa shape index (κ1) is 17.4. The van der Waals surface area contributed by atoms with Crippen LogP contribution in [-0.4, -0.2) is 24.2 Å². The van der Waals surface area contributed by atoms with Crippen molar-refractivity contribution in [2.24, 2.45) is 39.9 Å². The van der Waals surface area contributed by atoms with Crippen LogP contribution in [0.5, 0.6) is 0 Å². The number of esters is 1. The number of carboxylic acid groups (broad SMARTS) is 1. The highest BCUT2D eigenvalue weighted by molar-refractivity contribution is 5.77. The molecule has 0 aromatic carbocycles. The molecule has 1 N–H and O–H groups in total. The van der Waals surface area contributed by atoms with E-state index in [0.29, 0.717) is 17.8 Å². The third kappa shape index (κ3) is 2.18. The molecule has 4 fully saturated rings. The highest BCUT2D eigenvalue weighted by atomic mass is 16.5. The minimum Gasteiger partial charge on any atom is -0.481 e. The number of rotatable bonds is 2. The van der Waals surface area contributed by atoms with Gasteiger partial charge in [0.25, 0.3) is 0 Å². The van der Waals surface area contributed by atoms with Gasteiger partial charge in [0, 0.05) is 0 Å². The molecule has 140 valence electrons. The lowest BCUT2D eigenvalue weighted by molar-refractivity contribution is -0.183. The van der Waals surface area contributed by atoms with Crippen LogP contribution in [0.1, 0.15) is 71.6 Å². The Bertz CT molecular complexity index is 601. The van der Waals surface area contributed by atoms with Crippen molar-refractivity contribution in [3.63, 3.8) is 0 Å². The topological polar surface area (TPSA) is 63.6 Å². The zero-order valence-electron chi connectivity index (χ0n) is 15.8. The predicted octanol–water partition coefficient (Wildman–Crippen LogP) is 4.27. The number of fused-ring (bicyclic) bond motifs is 3. The van der Waals surface area contributed by atoms with Crippen LogP contribution in [0.3, 0.4) is 0 Å². The maximum atomic E-state index is 12.6.